The lowest BCUT2D eigenvalue weighted by atomic mass is 9.91. The molecular weight excluding hydrogens is 258 g/mol. The topological polar surface area (TPSA) is 86.5 Å². The number of hydrogen-bond donors (Lipinski definition) is 2. The van der Waals surface area contributed by atoms with Crippen LogP contribution in [-0.2, 0) is 4.79 Å². The van der Waals surface area contributed by atoms with E-state index in [0.717, 1.165) is 17.3 Å². The van der Waals surface area contributed by atoms with Crippen LogP contribution in [0.4, 0.5) is 5.82 Å². The van der Waals surface area contributed by atoms with E-state index in [1.807, 2.05) is 31.7 Å². The number of hydrogen-bond acceptors (Lipinski definition) is 5. The summed E-state index contributed by atoms with van der Waals surface area (Å²) in [5, 5.41) is 19.0. The Morgan fingerprint density at radius 2 is 1.95 bits per heavy atom. The number of piperidine rings is 1. The molecule has 1 fully saturated rings. The van der Waals surface area contributed by atoms with Gasteiger partial charge in [0.2, 0.25) is 0 Å². The van der Waals surface area contributed by atoms with E-state index in [0.29, 0.717) is 13.1 Å². The molecule has 1 saturated heterocycles. The minimum absolute atomic E-state index is 0.211. The molecule has 0 aromatic carbocycles. The number of anilines is 1. The van der Waals surface area contributed by atoms with Gasteiger partial charge in [0.05, 0.1) is 0 Å². The molecule has 0 spiro atoms. The zero-order valence-corrected chi connectivity index (χ0v) is 12.1. The van der Waals surface area contributed by atoms with Crippen molar-refractivity contribution in [1.82, 2.24) is 9.97 Å². The van der Waals surface area contributed by atoms with Crippen LogP contribution in [0.2, 0.25) is 0 Å². The van der Waals surface area contributed by atoms with Gasteiger partial charge in [0.25, 0.3) is 0 Å². The maximum Gasteiger partial charge on any atom is 0.335 e. The van der Waals surface area contributed by atoms with Crippen LogP contribution in [0.3, 0.4) is 0 Å². The maximum atomic E-state index is 11.0. The number of aliphatic carboxylic acids is 1. The molecule has 2 heterocycles. The van der Waals surface area contributed by atoms with E-state index in [4.69, 9.17) is 5.11 Å². The summed E-state index contributed by atoms with van der Waals surface area (Å²) in [5.74, 6) is 0.709. The third-order valence-corrected chi connectivity index (χ3v) is 3.69. The predicted molar refractivity (Wildman–Crippen MR) is 74.9 cm³/mol. The van der Waals surface area contributed by atoms with E-state index in [2.05, 4.69) is 9.97 Å². The fraction of sp³-hybridized carbons (Fsp3) is 0.643. The van der Waals surface area contributed by atoms with E-state index in [1.54, 1.807) is 0 Å². The average Bonchev–Trinajstić information content (AvgIpc) is 2.38. The van der Waals surface area contributed by atoms with Gasteiger partial charge in [-0.15, -0.1) is 0 Å². The highest BCUT2D eigenvalue weighted by molar-refractivity contribution is 5.77. The van der Waals surface area contributed by atoms with Crippen molar-refractivity contribution < 1.29 is 15.0 Å². The Kier molecular flexibility index (Phi) is 3.94. The molecule has 1 aliphatic rings. The fourth-order valence-corrected chi connectivity index (χ4v) is 2.31. The first-order chi connectivity index (χ1) is 9.32. The zero-order valence-electron chi connectivity index (χ0n) is 12.1. The molecule has 0 bridgehead atoms. The number of aryl methyl sites for hydroxylation is 1. The molecular formula is C14H21N3O3. The van der Waals surface area contributed by atoms with Crippen molar-refractivity contribution >= 4 is 11.8 Å². The number of carboxylic acids is 1. The van der Waals surface area contributed by atoms with Crippen molar-refractivity contribution in [2.24, 2.45) is 0 Å². The van der Waals surface area contributed by atoms with Crippen molar-refractivity contribution in [3.63, 3.8) is 0 Å². The van der Waals surface area contributed by atoms with Gasteiger partial charge in [-0.05, 0) is 6.92 Å². The standard InChI is InChI=1S/C14H21N3O3/c1-9(2)12-15-10(3)8-11(16-12)17-6-4-14(20,5-7-17)13(18)19/h8-9,20H,4-7H2,1-3H3,(H,18,19). The van der Waals surface area contributed by atoms with E-state index >= 15 is 0 Å². The number of aromatic nitrogens is 2. The molecule has 2 rings (SSSR count). The average molecular weight is 279 g/mol. The summed E-state index contributed by atoms with van der Waals surface area (Å²) in [6, 6.07) is 1.90. The largest absolute Gasteiger partial charge is 0.479 e. The lowest BCUT2D eigenvalue weighted by Gasteiger charge is -2.36. The quantitative estimate of drug-likeness (QED) is 0.868. The van der Waals surface area contributed by atoms with Crippen molar-refractivity contribution in [3.05, 3.63) is 17.6 Å². The first-order valence-corrected chi connectivity index (χ1v) is 6.88. The Balaban J connectivity index is 2.17. The minimum Gasteiger partial charge on any atom is -0.479 e. The van der Waals surface area contributed by atoms with Gasteiger partial charge in [-0.2, -0.15) is 0 Å². The van der Waals surface area contributed by atoms with E-state index < -0.39 is 11.6 Å². The van der Waals surface area contributed by atoms with Gasteiger partial charge < -0.3 is 15.1 Å². The number of nitrogens with zero attached hydrogens (tertiary/aromatic N) is 3. The van der Waals surface area contributed by atoms with Gasteiger partial charge in [-0.1, -0.05) is 13.8 Å². The molecule has 0 aliphatic carbocycles. The van der Waals surface area contributed by atoms with Crippen molar-refractivity contribution in [2.75, 3.05) is 18.0 Å². The third kappa shape index (κ3) is 2.90. The van der Waals surface area contributed by atoms with Crippen LogP contribution < -0.4 is 4.90 Å². The number of carbonyl (C=O) groups is 1. The van der Waals surface area contributed by atoms with Crippen LogP contribution in [0.25, 0.3) is 0 Å². The summed E-state index contributed by atoms with van der Waals surface area (Å²) in [6.07, 6.45) is 0.421. The molecule has 1 aromatic heterocycles. The van der Waals surface area contributed by atoms with Crippen LogP contribution in [-0.4, -0.2) is 44.8 Å². The molecule has 1 aromatic rings. The Morgan fingerprint density at radius 1 is 1.35 bits per heavy atom. The molecule has 2 N–H and O–H groups in total. The highest BCUT2D eigenvalue weighted by atomic mass is 16.4. The molecule has 1 aliphatic heterocycles. The van der Waals surface area contributed by atoms with E-state index in [-0.39, 0.29) is 18.8 Å². The van der Waals surface area contributed by atoms with Crippen molar-refractivity contribution in [2.45, 2.75) is 45.1 Å². The third-order valence-electron chi connectivity index (χ3n) is 3.69. The molecule has 0 amide bonds. The molecule has 6 heteroatoms. The Morgan fingerprint density at radius 3 is 2.45 bits per heavy atom. The fourth-order valence-electron chi connectivity index (χ4n) is 2.31. The van der Waals surface area contributed by atoms with Gasteiger partial charge >= 0.3 is 5.97 Å². The second-order valence-corrected chi connectivity index (χ2v) is 5.70. The monoisotopic (exact) mass is 279 g/mol. The lowest BCUT2D eigenvalue weighted by Crippen LogP contribution is -2.49. The van der Waals surface area contributed by atoms with E-state index in [1.165, 1.54) is 0 Å². The SMILES string of the molecule is Cc1cc(N2CCC(O)(C(=O)O)CC2)nc(C(C)C)n1. The van der Waals surface area contributed by atoms with Crippen LogP contribution in [0.5, 0.6) is 0 Å². The molecule has 110 valence electrons. The molecule has 6 nitrogen and oxygen atoms in total. The van der Waals surface area contributed by atoms with Crippen molar-refractivity contribution in [3.8, 4) is 0 Å². The van der Waals surface area contributed by atoms with Crippen LogP contribution in [0.1, 0.15) is 44.1 Å². The first kappa shape index (κ1) is 14.7. The lowest BCUT2D eigenvalue weighted by molar-refractivity contribution is -0.160. The Labute approximate surface area is 118 Å². The summed E-state index contributed by atoms with van der Waals surface area (Å²) in [6.45, 7) is 6.97. The van der Waals surface area contributed by atoms with Crippen molar-refractivity contribution in [1.29, 1.82) is 0 Å². The zero-order chi connectivity index (χ0) is 14.9. The summed E-state index contributed by atoms with van der Waals surface area (Å²) in [7, 11) is 0. The second-order valence-electron chi connectivity index (χ2n) is 5.70. The normalized spacial score (nSPS) is 18.4. The Bertz CT molecular complexity index is 508. The summed E-state index contributed by atoms with van der Waals surface area (Å²) >= 11 is 0. The molecule has 0 saturated carbocycles. The highest BCUT2D eigenvalue weighted by Gasteiger charge is 2.39. The van der Waals surface area contributed by atoms with E-state index in [9.17, 15) is 9.90 Å². The van der Waals surface area contributed by atoms with Crippen LogP contribution in [0, 0.1) is 6.92 Å². The molecule has 0 radical (unpaired) electrons. The van der Waals surface area contributed by atoms with Gasteiger partial charge in [0, 0.05) is 43.6 Å². The highest BCUT2D eigenvalue weighted by Crippen LogP contribution is 2.26. The summed E-state index contributed by atoms with van der Waals surface area (Å²) < 4.78 is 0. The Hall–Kier alpha value is -1.69. The summed E-state index contributed by atoms with van der Waals surface area (Å²) in [5.41, 5.74) is -0.697. The van der Waals surface area contributed by atoms with Gasteiger partial charge in [-0.3, -0.25) is 0 Å². The van der Waals surface area contributed by atoms with Crippen LogP contribution >= 0.6 is 0 Å². The number of rotatable bonds is 3. The second kappa shape index (κ2) is 5.36. The smallest absolute Gasteiger partial charge is 0.335 e. The minimum atomic E-state index is -1.60. The number of carboxylic acid groups (broad SMARTS) is 1. The summed E-state index contributed by atoms with van der Waals surface area (Å²) in [4.78, 5) is 22.0. The molecule has 0 atom stereocenters. The predicted octanol–water partition coefficient (Wildman–Crippen LogP) is 1.32. The maximum absolute atomic E-state index is 11.0. The number of aliphatic hydroxyl groups is 1. The first-order valence-electron chi connectivity index (χ1n) is 6.88. The molecule has 20 heavy (non-hydrogen) atoms. The van der Waals surface area contributed by atoms with Gasteiger partial charge in [-0.25, -0.2) is 14.8 Å². The van der Waals surface area contributed by atoms with Gasteiger partial charge in [0.1, 0.15) is 11.6 Å². The molecule has 0 unspecified atom stereocenters. The van der Waals surface area contributed by atoms with Crippen LogP contribution in [0.15, 0.2) is 6.07 Å². The van der Waals surface area contributed by atoms with Gasteiger partial charge in [0.15, 0.2) is 5.60 Å².